The Labute approximate surface area is 188 Å². The van der Waals surface area contributed by atoms with Crippen LogP contribution >= 0.6 is 11.6 Å². The third-order valence-corrected chi connectivity index (χ3v) is 4.68. The lowest BCUT2D eigenvalue weighted by Gasteiger charge is -2.12. The van der Waals surface area contributed by atoms with Crippen molar-refractivity contribution in [1.82, 2.24) is 5.43 Å². The fourth-order valence-corrected chi connectivity index (χ4v) is 2.97. The number of amides is 2. The number of ether oxygens (including phenoxy) is 2. The minimum atomic E-state index is -0.549. The number of hydrogen-bond donors (Lipinski definition) is 2. The summed E-state index contributed by atoms with van der Waals surface area (Å²) in [6, 6.07) is 15.3. The first kappa shape index (κ1) is 22.8. The molecule has 2 amide bonds. The van der Waals surface area contributed by atoms with Gasteiger partial charge in [-0.3, -0.25) is 9.59 Å². The van der Waals surface area contributed by atoms with Crippen molar-refractivity contribution in [1.29, 1.82) is 0 Å². The topological polar surface area (TPSA) is 89.0 Å². The van der Waals surface area contributed by atoms with E-state index in [1.54, 1.807) is 36.4 Å². The maximum atomic E-state index is 13.2. The Morgan fingerprint density at radius 2 is 1.72 bits per heavy atom. The molecule has 0 aromatic heterocycles. The minimum Gasteiger partial charge on any atom is -0.493 e. The molecule has 2 N–H and O–H groups in total. The van der Waals surface area contributed by atoms with Crippen molar-refractivity contribution in [3.05, 3.63) is 88.2 Å². The van der Waals surface area contributed by atoms with E-state index >= 15 is 0 Å². The second-order valence-corrected chi connectivity index (χ2v) is 6.85. The molecule has 0 bridgehead atoms. The van der Waals surface area contributed by atoms with Crippen LogP contribution in [0.4, 0.5) is 10.1 Å². The summed E-state index contributed by atoms with van der Waals surface area (Å²) in [5.41, 5.74) is 3.70. The Bertz CT molecular complexity index is 1180. The molecule has 0 aliphatic carbocycles. The van der Waals surface area contributed by atoms with Gasteiger partial charge < -0.3 is 14.8 Å². The molecule has 0 fully saturated rings. The van der Waals surface area contributed by atoms with Crippen molar-refractivity contribution in [2.24, 2.45) is 5.10 Å². The summed E-state index contributed by atoms with van der Waals surface area (Å²) in [5, 5.41) is 6.52. The molecule has 0 unspecified atom stereocenters. The zero-order valence-corrected chi connectivity index (χ0v) is 17.9. The zero-order valence-electron chi connectivity index (χ0n) is 17.2. The predicted octanol–water partition coefficient (Wildman–Crippen LogP) is 4.51. The average molecular weight is 456 g/mol. The van der Waals surface area contributed by atoms with Gasteiger partial charge in [-0.05, 0) is 48.0 Å². The van der Waals surface area contributed by atoms with E-state index in [2.05, 4.69) is 15.8 Å². The molecule has 0 aliphatic rings. The lowest BCUT2D eigenvalue weighted by molar-refractivity contribution is 0.0956. The molecule has 7 nitrogen and oxygen atoms in total. The van der Waals surface area contributed by atoms with Gasteiger partial charge in [0.15, 0.2) is 11.5 Å². The Morgan fingerprint density at radius 1 is 0.969 bits per heavy atom. The van der Waals surface area contributed by atoms with Crippen LogP contribution in [0.3, 0.4) is 0 Å². The van der Waals surface area contributed by atoms with Gasteiger partial charge in [-0.2, -0.15) is 5.10 Å². The van der Waals surface area contributed by atoms with Crippen LogP contribution in [0.1, 0.15) is 26.3 Å². The molecule has 0 saturated carbocycles. The van der Waals surface area contributed by atoms with E-state index in [1.807, 2.05) is 0 Å². The van der Waals surface area contributed by atoms with Gasteiger partial charge >= 0.3 is 0 Å². The minimum absolute atomic E-state index is 0.0523. The van der Waals surface area contributed by atoms with Crippen molar-refractivity contribution >= 4 is 35.3 Å². The number of nitrogens with zero attached hydrogens (tertiary/aromatic N) is 1. The van der Waals surface area contributed by atoms with Crippen LogP contribution in [0.5, 0.6) is 11.5 Å². The second kappa shape index (κ2) is 10.4. The number of hydrazone groups is 1. The number of para-hydroxylation sites is 1. The summed E-state index contributed by atoms with van der Waals surface area (Å²) in [6.07, 6.45) is 1.33. The molecule has 9 heteroatoms. The van der Waals surface area contributed by atoms with E-state index in [-0.39, 0.29) is 10.6 Å². The predicted molar refractivity (Wildman–Crippen MR) is 120 cm³/mol. The normalized spacial score (nSPS) is 10.6. The van der Waals surface area contributed by atoms with E-state index in [0.717, 1.165) is 0 Å². The van der Waals surface area contributed by atoms with Gasteiger partial charge in [0.1, 0.15) is 5.82 Å². The van der Waals surface area contributed by atoms with Gasteiger partial charge in [-0.15, -0.1) is 0 Å². The Kier molecular flexibility index (Phi) is 7.41. The number of nitrogens with one attached hydrogen (secondary N) is 2. The first-order chi connectivity index (χ1) is 15.4. The van der Waals surface area contributed by atoms with Crippen molar-refractivity contribution in [3.8, 4) is 11.5 Å². The summed E-state index contributed by atoms with van der Waals surface area (Å²) in [7, 11) is 2.97. The van der Waals surface area contributed by atoms with Crippen LogP contribution < -0.4 is 20.2 Å². The van der Waals surface area contributed by atoms with E-state index in [4.69, 9.17) is 21.1 Å². The Balaban J connectivity index is 1.73. The molecule has 0 aliphatic heterocycles. The largest absolute Gasteiger partial charge is 0.493 e. The summed E-state index contributed by atoms with van der Waals surface area (Å²) in [6.45, 7) is 0. The molecule has 0 radical (unpaired) electrons. The van der Waals surface area contributed by atoms with Crippen molar-refractivity contribution in [3.63, 3.8) is 0 Å². The van der Waals surface area contributed by atoms with Gasteiger partial charge in [-0.25, -0.2) is 9.82 Å². The van der Waals surface area contributed by atoms with Crippen LogP contribution in [0.2, 0.25) is 5.02 Å². The van der Waals surface area contributed by atoms with Crippen molar-refractivity contribution < 1.29 is 23.5 Å². The quantitative estimate of drug-likeness (QED) is 0.405. The summed E-state index contributed by atoms with van der Waals surface area (Å²) in [5.74, 6) is -0.633. The molecule has 0 spiro atoms. The average Bonchev–Trinajstić information content (AvgIpc) is 2.81. The van der Waals surface area contributed by atoms with E-state index in [0.29, 0.717) is 28.3 Å². The Hall–Kier alpha value is -3.91. The highest BCUT2D eigenvalue weighted by atomic mass is 35.5. The molecule has 164 valence electrons. The molecule has 0 saturated heterocycles. The smallest absolute Gasteiger partial charge is 0.273 e. The first-order valence-electron chi connectivity index (χ1n) is 9.33. The van der Waals surface area contributed by atoms with E-state index in [9.17, 15) is 14.0 Å². The molecule has 3 rings (SSSR count). The summed E-state index contributed by atoms with van der Waals surface area (Å²) in [4.78, 5) is 25.3. The van der Waals surface area contributed by atoms with Crippen LogP contribution in [-0.4, -0.2) is 32.2 Å². The monoisotopic (exact) mass is 455 g/mol. The first-order valence-corrected chi connectivity index (χ1v) is 9.71. The van der Waals surface area contributed by atoms with Crippen LogP contribution in [0.15, 0.2) is 65.8 Å². The molecule has 0 heterocycles. The number of carbonyl (C=O) groups is 2. The molecule has 3 aromatic rings. The number of anilines is 1. The zero-order chi connectivity index (χ0) is 23.1. The SMILES string of the molecule is COc1ccc(C(=O)Nc2ccccc2C(=O)NN=Cc2ccc(F)c(Cl)c2)cc1OC. The second-order valence-electron chi connectivity index (χ2n) is 6.44. The molecular formula is C23H19ClFN3O4. The number of methoxy groups -OCH3 is 2. The summed E-state index contributed by atoms with van der Waals surface area (Å²) < 4.78 is 23.6. The third-order valence-electron chi connectivity index (χ3n) is 4.39. The highest BCUT2D eigenvalue weighted by Crippen LogP contribution is 2.28. The van der Waals surface area contributed by atoms with Crippen LogP contribution in [-0.2, 0) is 0 Å². The lowest BCUT2D eigenvalue weighted by atomic mass is 10.1. The van der Waals surface area contributed by atoms with Crippen molar-refractivity contribution in [2.45, 2.75) is 0 Å². The highest BCUT2D eigenvalue weighted by molar-refractivity contribution is 6.31. The molecule has 3 aromatic carbocycles. The Morgan fingerprint density at radius 3 is 2.44 bits per heavy atom. The molecule has 0 atom stereocenters. The molecular weight excluding hydrogens is 437 g/mol. The number of rotatable bonds is 7. The maximum Gasteiger partial charge on any atom is 0.273 e. The third kappa shape index (κ3) is 5.41. The fraction of sp³-hybridized carbons (Fsp3) is 0.0870. The van der Waals surface area contributed by atoms with Gasteiger partial charge in [0.25, 0.3) is 11.8 Å². The molecule has 32 heavy (non-hydrogen) atoms. The van der Waals surface area contributed by atoms with Gasteiger partial charge in [-0.1, -0.05) is 29.8 Å². The van der Waals surface area contributed by atoms with E-state index in [1.165, 1.54) is 44.7 Å². The van der Waals surface area contributed by atoms with Crippen molar-refractivity contribution in [2.75, 3.05) is 19.5 Å². The highest BCUT2D eigenvalue weighted by Gasteiger charge is 2.15. The number of halogens is 2. The summed E-state index contributed by atoms with van der Waals surface area (Å²) >= 11 is 5.73. The van der Waals surface area contributed by atoms with Gasteiger partial charge in [0, 0.05) is 5.56 Å². The van der Waals surface area contributed by atoms with Gasteiger partial charge in [0.05, 0.1) is 36.7 Å². The van der Waals surface area contributed by atoms with Crippen LogP contribution in [0, 0.1) is 5.82 Å². The maximum absolute atomic E-state index is 13.2. The van der Waals surface area contributed by atoms with Gasteiger partial charge in [0.2, 0.25) is 0 Å². The van der Waals surface area contributed by atoms with Crippen LogP contribution in [0.25, 0.3) is 0 Å². The number of carbonyl (C=O) groups excluding carboxylic acids is 2. The number of hydrogen-bond acceptors (Lipinski definition) is 5. The standard InChI is InChI=1S/C23H19ClFN3O4/c1-31-20-10-8-15(12-21(20)32-2)22(29)27-19-6-4-3-5-16(19)23(30)28-26-13-14-7-9-18(25)17(24)11-14/h3-13H,1-2H3,(H,27,29)(H,28,30). The van der Waals surface area contributed by atoms with E-state index < -0.39 is 17.6 Å². The fourth-order valence-electron chi connectivity index (χ4n) is 2.78. The number of benzene rings is 3. The lowest BCUT2D eigenvalue weighted by Crippen LogP contribution is -2.21.